The molecule has 0 aromatic carbocycles. The second-order valence-electron chi connectivity index (χ2n) is 12.5. The molecule has 1 aliphatic heterocycles. The highest BCUT2D eigenvalue weighted by Crippen LogP contribution is 2.65. The van der Waals surface area contributed by atoms with Crippen molar-refractivity contribution in [1.29, 1.82) is 0 Å². The Morgan fingerprint density at radius 3 is 2.39 bits per heavy atom. The molecule has 0 aromatic heterocycles. The standard InChI is InChI=1S/C27H46O4/c1-16(2)17(3)24(29)23(28)14-18-9-10-20-19-15-31-25(30)22-8-6-7-12-27(22,5)21(19)11-13-26(18,20)4/h16-24,28-29H,6-15H2,1-5H3. The number of fused-ring (bicyclic) bond motifs is 5. The predicted octanol–water partition coefficient (Wildman–Crippen LogP) is 5.20. The first-order chi connectivity index (χ1) is 14.6. The minimum atomic E-state index is -0.653. The van der Waals surface area contributed by atoms with Crippen LogP contribution < -0.4 is 0 Å². The summed E-state index contributed by atoms with van der Waals surface area (Å²) in [5.41, 5.74) is 0.276. The van der Waals surface area contributed by atoms with Crippen LogP contribution in [-0.2, 0) is 9.53 Å². The van der Waals surface area contributed by atoms with Gasteiger partial charge in [0.15, 0.2) is 0 Å². The minimum absolute atomic E-state index is 0.0640. The number of aliphatic hydroxyl groups excluding tert-OH is 2. The van der Waals surface area contributed by atoms with Crippen LogP contribution in [0.2, 0.25) is 0 Å². The molecule has 1 saturated heterocycles. The molecular weight excluding hydrogens is 388 g/mol. The van der Waals surface area contributed by atoms with Gasteiger partial charge in [0.05, 0.1) is 24.7 Å². The van der Waals surface area contributed by atoms with E-state index < -0.39 is 12.2 Å². The van der Waals surface area contributed by atoms with Crippen LogP contribution in [0.25, 0.3) is 0 Å². The van der Waals surface area contributed by atoms with Crippen molar-refractivity contribution < 1.29 is 19.7 Å². The first-order valence-corrected chi connectivity index (χ1v) is 13.1. The maximum Gasteiger partial charge on any atom is 0.309 e. The van der Waals surface area contributed by atoms with Gasteiger partial charge in [0.25, 0.3) is 0 Å². The van der Waals surface area contributed by atoms with E-state index in [9.17, 15) is 15.0 Å². The largest absolute Gasteiger partial charge is 0.465 e. The fourth-order valence-corrected chi connectivity index (χ4v) is 8.48. The van der Waals surface area contributed by atoms with Gasteiger partial charge in [-0.15, -0.1) is 0 Å². The van der Waals surface area contributed by atoms with Gasteiger partial charge in [0, 0.05) is 0 Å². The van der Waals surface area contributed by atoms with Gasteiger partial charge in [0.2, 0.25) is 0 Å². The lowest BCUT2D eigenvalue weighted by Crippen LogP contribution is -2.50. The molecule has 0 aromatic rings. The summed E-state index contributed by atoms with van der Waals surface area (Å²) in [6, 6.07) is 0. The van der Waals surface area contributed by atoms with Gasteiger partial charge >= 0.3 is 5.97 Å². The summed E-state index contributed by atoms with van der Waals surface area (Å²) in [6.45, 7) is 11.7. The molecule has 4 heteroatoms. The zero-order valence-electron chi connectivity index (χ0n) is 20.5. The van der Waals surface area contributed by atoms with Crippen LogP contribution in [0.5, 0.6) is 0 Å². The summed E-state index contributed by atoms with van der Waals surface area (Å²) in [5, 5.41) is 21.6. The Kier molecular flexibility index (Phi) is 6.55. The van der Waals surface area contributed by atoms with E-state index in [-0.39, 0.29) is 28.6 Å². The van der Waals surface area contributed by atoms with Crippen LogP contribution in [0.4, 0.5) is 0 Å². The minimum Gasteiger partial charge on any atom is -0.465 e. The number of hydrogen-bond acceptors (Lipinski definition) is 4. The zero-order chi connectivity index (χ0) is 22.6. The highest BCUT2D eigenvalue weighted by molar-refractivity contribution is 5.74. The molecule has 31 heavy (non-hydrogen) atoms. The normalized spacial score (nSPS) is 45.7. The van der Waals surface area contributed by atoms with Crippen molar-refractivity contribution in [3.05, 3.63) is 0 Å². The molecule has 4 fully saturated rings. The van der Waals surface area contributed by atoms with Crippen LogP contribution >= 0.6 is 0 Å². The summed E-state index contributed by atoms with van der Waals surface area (Å²) in [7, 11) is 0. The average molecular weight is 435 g/mol. The summed E-state index contributed by atoms with van der Waals surface area (Å²) in [4.78, 5) is 12.9. The van der Waals surface area contributed by atoms with E-state index in [0.717, 1.165) is 19.3 Å². The number of hydrogen-bond donors (Lipinski definition) is 2. The van der Waals surface area contributed by atoms with Crippen molar-refractivity contribution in [3.8, 4) is 0 Å². The summed E-state index contributed by atoms with van der Waals surface area (Å²) >= 11 is 0. The molecule has 0 radical (unpaired) electrons. The second-order valence-corrected chi connectivity index (χ2v) is 12.5. The number of ether oxygens (including phenoxy) is 1. The Morgan fingerprint density at radius 2 is 1.68 bits per heavy atom. The molecule has 0 spiro atoms. The third-order valence-electron chi connectivity index (χ3n) is 10.9. The van der Waals surface area contributed by atoms with Crippen molar-refractivity contribution in [2.24, 2.45) is 52.3 Å². The molecule has 4 rings (SSSR count). The first-order valence-electron chi connectivity index (χ1n) is 13.1. The predicted molar refractivity (Wildman–Crippen MR) is 122 cm³/mol. The second kappa shape index (κ2) is 8.63. The quantitative estimate of drug-likeness (QED) is 0.584. The number of rotatable bonds is 5. The van der Waals surface area contributed by atoms with Gasteiger partial charge in [-0.25, -0.2) is 0 Å². The van der Waals surface area contributed by atoms with Crippen molar-refractivity contribution in [2.45, 2.75) is 105 Å². The molecule has 0 bridgehead atoms. The topological polar surface area (TPSA) is 66.8 Å². The van der Waals surface area contributed by atoms with Crippen LogP contribution in [-0.4, -0.2) is 35.0 Å². The lowest BCUT2D eigenvalue weighted by molar-refractivity contribution is -0.153. The number of carbonyl (C=O) groups excluding carboxylic acids is 1. The van der Waals surface area contributed by atoms with Gasteiger partial charge in [0.1, 0.15) is 0 Å². The summed E-state index contributed by atoms with van der Waals surface area (Å²) in [6.07, 6.45) is 8.62. The van der Waals surface area contributed by atoms with E-state index in [0.29, 0.717) is 42.6 Å². The monoisotopic (exact) mass is 434 g/mol. The van der Waals surface area contributed by atoms with Gasteiger partial charge in [-0.3, -0.25) is 4.79 Å². The number of cyclic esters (lactones) is 1. The lowest BCUT2D eigenvalue weighted by atomic mass is 9.49. The van der Waals surface area contributed by atoms with Crippen molar-refractivity contribution in [3.63, 3.8) is 0 Å². The molecule has 3 saturated carbocycles. The smallest absolute Gasteiger partial charge is 0.309 e. The van der Waals surface area contributed by atoms with E-state index in [1.807, 2.05) is 6.92 Å². The highest BCUT2D eigenvalue weighted by Gasteiger charge is 2.60. The third-order valence-corrected chi connectivity index (χ3v) is 10.9. The highest BCUT2D eigenvalue weighted by atomic mass is 16.5. The third kappa shape index (κ3) is 3.88. The lowest BCUT2D eigenvalue weighted by Gasteiger charge is -2.54. The maximum atomic E-state index is 12.9. The average Bonchev–Trinajstić information content (AvgIpc) is 3.01. The van der Waals surface area contributed by atoms with Crippen LogP contribution in [0, 0.1) is 52.3 Å². The van der Waals surface area contributed by atoms with Crippen molar-refractivity contribution >= 4 is 5.97 Å². The fraction of sp³-hybridized carbons (Fsp3) is 0.963. The van der Waals surface area contributed by atoms with Crippen molar-refractivity contribution in [2.75, 3.05) is 6.61 Å². The molecular formula is C27H46O4. The van der Waals surface area contributed by atoms with Gasteiger partial charge in [-0.1, -0.05) is 47.5 Å². The Bertz CT molecular complexity index is 662. The van der Waals surface area contributed by atoms with E-state index in [4.69, 9.17) is 4.74 Å². The van der Waals surface area contributed by atoms with E-state index in [1.54, 1.807) is 0 Å². The van der Waals surface area contributed by atoms with Crippen LogP contribution in [0.1, 0.15) is 92.4 Å². The molecule has 4 nitrogen and oxygen atoms in total. The maximum absolute atomic E-state index is 12.9. The Morgan fingerprint density at radius 1 is 0.968 bits per heavy atom. The number of aliphatic hydroxyl groups is 2. The van der Waals surface area contributed by atoms with E-state index >= 15 is 0 Å². The zero-order valence-corrected chi connectivity index (χ0v) is 20.5. The van der Waals surface area contributed by atoms with E-state index in [2.05, 4.69) is 27.7 Å². The van der Waals surface area contributed by atoms with Crippen molar-refractivity contribution in [1.82, 2.24) is 0 Å². The summed E-state index contributed by atoms with van der Waals surface area (Å²) in [5.74, 6) is 2.65. The molecule has 1 heterocycles. The molecule has 2 N–H and O–H groups in total. The molecule has 10 unspecified atom stereocenters. The SMILES string of the molecule is CC(C)C(C)C(O)C(O)CC1CCC2C3COC(=O)C4CCCCC4(C)C3CCC12C. The van der Waals surface area contributed by atoms with Crippen LogP contribution in [0.15, 0.2) is 0 Å². The summed E-state index contributed by atoms with van der Waals surface area (Å²) < 4.78 is 5.94. The molecule has 178 valence electrons. The van der Waals surface area contributed by atoms with Gasteiger partial charge < -0.3 is 14.9 Å². The molecule has 10 atom stereocenters. The Hall–Kier alpha value is -0.610. The van der Waals surface area contributed by atoms with Gasteiger partial charge in [-0.05, 0) is 91.3 Å². The molecule has 0 amide bonds. The Labute approximate surface area is 189 Å². The number of carbonyl (C=O) groups is 1. The Balaban J connectivity index is 1.52. The van der Waals surface area contributed by atoms with E-state index in [1.165, 1.54) is 32.1 Å². The van der Waals surface area contributed by atoms with Crippen LogP contribution in [0.3, 0.4) is 0 Å². The van der Waals surface area contributed by atoms with Gasteiger partial charge in [-0.2, -0.15) is 0 Å². The first kappa shape index (κ1) is 23.5. The number of esters is 1. The molecule has 3 aliphatic carbocycles. The molecule has 4 aliphatic rings. The fourth-order valence-electron chi connectivity index (χ4n) is 8.48.